The Bertz CT molecular complexity index is 760. The highest BCUT2D eigenvalue weighted by atomic mass is 19.1. The number of hydrogen-bond acceptors (Lipinski definition) is 3. The van der Waals surface area contributed by atoms with E-state index >= 15 is 0 Å². The van der Waals surface area contributed by atoms with E-state index in [1.807, 2.05) is 0 Å². The predicted molar refractivity (Wildman–Crippen MR) is 97.3 cm³/mol. The van der Waals surface area contributed by atoms with Gasteiger partial charge in [0, 0.05) is 25.3 Å². The second-order valence-electron chi connectivity index (χ2n) is 6.66. The molecule has 2 aromatic carbocycles. The van der Waals surface area contributed by atoms with Crippen molar-refractivity contribution in [1.82, 2.24) is 4.90 Å². The van der Waals surface area contributed by atoms with Crippen LogP contribution < -0.4 is 4.74 Å². The maximum absolute atomic E-state index is 14.1. The average molecular weight is 375 g/mol. The number of benzene rings is 2. The molecular formula is C21H23F2NO3. The van der Waals surface area contributed by atoms with Gasteiger partial charge in [-0.15, -0.1) is 0 Å². The number of amides is 1. The van der Waals surface area contributed by atoms with E-state index in [9.17, 15) is 13.6 Å². The van der Waals surface area contributed by atoms with Gasteiger partial charge in [0.15, 0.2) is 6.10 Å². The SMILES string of the molecule is CC(Oc1ccc(F)cc1)C(=O)N(Cc1ccccc1F)CC1CCCO1. The van der Waals surface area contributed by atoms with Gasteiger partial charge in [-0.3, -0.25) is 4.79 Å². The Kier molecular flexibility index (Phi) is 6.40. The third-order valence-corrected chi connectivity index (χ3v) is 4.55. The van der Waals surface area contributed by atoms with Gasteiger partial charge in [0.05, 0.1) is 6.10 Å². The van der Waals surface area contributed by atoms with Crippen LogP contribution in [0.2, 0.25) is 0 Å². The fourth-order valence-electron chi connectivity index (χ4n) is 3.12. The summed E-state index contributed by atoms with van der Waals surface area (Å²) in [7, 11) is 0. The van der Waals surface area contributed by atoms with Gasteiger partial charge in [0.2, 0.25) is 0 Å². The van der Waals surface area contributed by atoms with Gasteiger partial charge >= 0.3 is 0 Å². The molecule has 0 N–H and O–H groups in total. The average Bonchev–Trinajstić information content (AvgIpc) is 3.17. The molecule has 0 bridgehead atoms. The Hall–Kier alpha value is -2.47. The van der Waals surface area contributed by atoms with Crippen LogP contribution in [-0.4, -0.2) is 36.2 Å². The Morgan fingerprint density at radius 2 is 1.96 bits per heavy atom. The highest BCUT2D eigenvalue weighted by Crippen LogP contribution is 2.19. The van der Waals surface area contributed by atoms with E-state index in [-0.39, 0.29) is 30.2 Å². The third kappa shape index (κ3) is 5.26. The van der Waals surface area contributed by atoms with Crippen molar-refractivity contribution in [3.63, 3.8) is 0 Å². The molecule has 0 aliphatic carbocycles. The molecule has 1 aliphatic heterocycles. The van der Waals surface area contributed by atoms with Gasteiger partial charge < -0.3 is 14.4 Å². The van der Waals surface area contributed by atoms with Crippen molar-refractivity contribution in [2.45, 2.75) is 38.5 Å². The topological polar surface area (TPSA) is 38.8 Å². The molecule has 0 saturated carbocycles. The van der Waals surface area contributed by atoms with Crippen molar-refractivity contribution in [3.8, 4) is 5.75 Å². The van der Waals surface area contributed by atoms with E-state index in [2.05, 4.69) is 0 Å². The van der Waals surface area contributed by atoms with E-state index in [0.717, 1.165) is 12.8 Å². The highest BCUT2D eigenvalue weighted by molar-refractivity contribution is 5.81. The molecule has 0 radical (unpaired) electrons. The fraction of sp³-hybridized carbons (Fsp3) is 0.381. The lowest BCUT2D eigenvalue weighted by Crippen LogP contribution is -2.43. The highest BCUT2D eigenvalue weighted by Gasteiger charge is 2.27. The summed E-state index contributed by atoms with van der Waals surface area (Å²) in [6, 6.07) is 11.9. The van der Waals surface area contributed by atoms with Crippen LogP contribution in [-0.2, 0) is 16.1 Å². The molecule has 2 aromatic rings. The van der Waals surface area contributed by atoms with Crippen molar-refractivity contribution in [1.29, 1.82) is 0 Å². The van der Waals surface area contributed by atoms with Gasteiger partial charge in [-0.05, 0) is 50.1 Å². The van der Waals surface area contributed by atoms with E-state index in [4.69, 9.17) is 9.47 Å². The van der Waals surface area contributed by atoms with Crippen LogP contribution in [0.4, 0.5) is 8.78 Å². The summed E-state index contributed by atoms with van der Waals surface area (Å²) in [6.07, 6.45) is 0.977. The van der Waals surface area contributed by atoms with Crippen LogP contribution in [0.3, 0.4) is 0 Å². The third-order valence-electron chi connectivity index (χ3n) is 4.55. The second-order valence-corrected chi connectivity index (χ2v) is 6.66. The van der Waals surface area contributed by atoms with Gasteiger partial charge in [0.25, 0.3) is 5.91 Å². The summed E-state index contributed by atoms with van der Waals surface area (Å²) < 4.78 is 38.4. The zero-order valence-electron chi connectivity index (χ0n) is 15.2. The molecule has 2 atom stereocenters. The predicted octanol–water partition coefficient (Wildman–Crippen LogP) is 3.94. The lowest BCUT2D eigenvalue weighted by atomic mass is 10.1. The maximum atomic E-state index is 14.1. The van der Waals surface area contributed by atoms with Gasteiger partial charge in [-0.25, -0.2) is 8.78 Å². The first kappa shape index (κ1) is 19.3. The monoisotopic (exact) mass is 375 g/mol. The molecule has 1 saturated heterocycles. The molecule has 144 valence electrons. The standard InChI is InChI=1S/C21H23F2NO3/c1-15(27-18-10-8-17(22)9-11-18)21(25)24(14-19-6-4-12-26-19)13-16-5-2-3-7-20(16)23/h2-3,5,7-11,15,19H,4,6,12-14H2,1H3. The maximum Gasteiger partial charge on any atom is 0.263 e. The number of ether oxygens (including phenoxy) is 2. The molecule has 1 fully saturated rings. The molecule has 1 amide bonds. The van der Waals surface area contributed by atoms with E-state index < -0.39 is 6.10 Å². The van der Waals surface area contributed by atoms with Crippen LogP contribution in [0.15, 0.2) is 48.5 Å². The Morgan fingerprint density at radius 3 is 2.63 bits per heavy atom. The first-order valence-corrected chi connectivity index (χ1v) is 9.09. The molecule has 27 heavy (non-hydrogen) atoms. The zero-order chi connectivity index (χ0) is 19.2. The number of halogens is 2. The van der Waals surface area contributed by atoms with Crippen molar-refractivity contribution < 1.29 is 23.0 Å². The fourth-order valence-corrected chi connectivity index (χ4v) is 3.12. The second kappa shape index (κ2) is 8.95. The Balaban J connectivity index is 1.72. The first-order valence-electron chi connectivity index (χ1n) is 9.09. The number of carbonyl (C=O) groups is 1. The van der Waals surface area contributed by atoms with E-state index in [1.54, 1.807) is 30.0 Å². The molecule has 1 aliphatic rings. The number of rotatable bonds is 7. The van der Waals surface area contributed by atoms with E-state index in [0.29, 0.717) is 24.5 Å². The molecule has 2 unspecified atom stereocenters. The molecule has 3 rings (SSSR count). The summed E-state index contributed by atoms with van der Waals surface area (Å²) in [5.41, 5.74) is 0.442. The number of hydrogen-bond donors (Lipinski definition) is 0. The quantitative estimate of drug-likeness (QED) is 0.736. The van der Waals surface area contributed by atoms with Gasteiger partial charge in [0.1, 0.15) is 17.4 Å². The molecular weight excluding hydrogens is 352 g/mol. The van der Waals surface area contributed by atoms with Crippen molar-refractivity contribution in [3.05, 3.63) is 65.7 Å². The summed E-state index contributed by atoms with van der Waals surface area (Å²) in [5.74, 6) is -0.589. The minimum Gasteiger partial charge on any atom is -0.481 e. The van der Waals surface area contributed by atoms with E-state index in [1.165, 1.54) is 30.3 Å². The Labute approximate surface area is 157 Å². The van der Waals surface area contributed by atoms with Crippen molar-refractivity contribution >= 4 is 5.91 Å². The lowest BCUT2D eigenvalue weighted by Gasteiger charge is -2.28. The van der Waals surface area contributed by atoms with Crippen LogP contribution in [0.5, 0.6) is 5.75 Å². The first-order chi connectivity index (χ1) is 13.0. The largest absolute Gasteiger partial charge is 0.481 e. The lowest BCUT2D eigenvalue weighted by molar-refractivity contribution is -0.140. The zero-order valence-corrected chi connectivity index (χ0v) is 15.2. The number of carbonyl (C=O) groups excluding carboxylic acids is 1. The van der Waals surface area contributed by atoms with Crippen molar-refractivity contribution in [2.24, 2.45) is 0 Å². The minimum absolute atomic E-state index is 0.0567. The molecule has 6 heteroatoms. The Morgan fingerprint density at radius 1 is 1.22 bits per heavy atom. The van der Waals surface area contributed by atoms with Crippen LogP contribution in [0, 0.1) is 11.6 Å². The van der Waals surface area contributed by atoms with Crippen LogP contribution in [0.1, 0.15) is 25.3 Å². The molecule has 4 nitrogen and oxygen atoms in total. The summed E-state index contributed by atoms with van der Waals surface area (Å²) in [6.45, 7) is 2.83. The normalized spacial score (nSPS) is 17.5. The summed E-state index contributed by atoms with van der Waals surface area (Å²) >= 11 is 0. The van der Waals surface area contributed by atoms with Crippen LogP contribution >= 0.6 is 0 Å². The smallest absolute Gasteiger partial charge is 0.263 e. The van der Waals surface area contributed by atoms with Gasteiger partial charge in [-0.1, -0.05) is 18.2 Å². The summed E-state index contributed by atoms with van der Waals surface area (Å²) in [4.78, 5) is 14.5. The van der Waals surface area contributed by atoms with Crippen molar-refractivity contribution in [2.75, 3.05) is 13.2 Å². The summed E-state index contributed by atoms with van der Waals surface area (Å²) in [5, 5.41) is 0. The van der Waals surface area contributed by atoms with Gasteiger partial charge in [-0.2, -0.15) is 0 Å². The molecule has 0 spiro atoms. The minimum atomic E-state index is -0.788. The van der Waals surface area contributed by atoms with Crippen LogP contribution in [0.25, 0.3) is 0 Å². The molecule has 0 aromatic heterocycles. The molecule has 1 heterocycles. The number of nitrogens with zero attached hydrogens (tertiary/aromatic N) is 1.